The zero-order valence-corrected chi connectivity index (χ0v) is 10.7. The fraction of sp³-hybridized carbons (Fsp3) is 0.462. The molecule has 0 heterocycles. The molecule has 1 N–H and O–H groups in total. The molecule has 0 spiro atoms. The highest BCUT2D eigenvalue weighted by molar-refractivity contribution is 9.10. The average molecular weight is 283 g/mol. The van der Waals surface area contributed by atoms with Crippen LogP contribution in [0.1, 0.15) is 37.7 Å². The Balaban J connectivity index is 1.97. The van der Waals surface area contributed by atoms with Crippen molar-refractivity contribution in [1.82, 2.24) is 0 Å². The Morgan fingerprint density at radius 2 is 1.94 bits per heavy atom. The molecule has 3 heteroatoms. The highest BCUT2D eigenvalue weighted by Gasteiger charge is 2.43. The summed E-state index contributed by atoms with van der Waals surface area (Å²) in [6.07, 6.45) is 4.48. The van der Waals surface area contributed by atoms with Crippen molar-refractivity contribution in [2.24, 2.45) is 0 Å². The monoisotopic (exact) mass is 282 g/mol. The number of halogens is 1. The van der Waals surface area contributed by atoms with Gasteiger partial charge in [0.1, 0.15) is 0 Å². The van der Waals surface area contributed by atoms with Gasteiger partial charge in [-0.25, -0.2) is 0 Å². The van der Waals surface area contributed by atoms with E-state index >= 15 is 0 Å². The third-order valence-corrected chi connectivity index (χ3v) is 3.88. The Bertz CT molecular complexity index is 379. The van der Waals surface area contributed by atoms with Crippen LogP contribution in [0.15, 0.2) is 28.7 Å². The predicted octanol–water partition coefficient (Wildman–Crippen LogP) is 3.74. The highest BCUT2D eigenvalue weighted by atomic mass is 79.9. The lowest BCUT2D eigenvalue weighted by molar-refractivity contribution is -0.137. The standard InChI is InChI=1S/C13H15BrO2/c14-11-5-3-10(4-6-11)13(8-9-13)7-1-2-12(15)16/h3-6H,1-2,7-9H2,(H,15,16). The van der Waals surface area contributed by atoms with E-state index in [0.29, 0.717) is 0 Å². The molecule has 0 radical (unpaired) electrons. The summed E-state index contributed by atoms with van der Waals surface area (Å²) >= 11 is 3.43. The van der Waals surface area contributed by atoms with Gasteiger partial charge in [-0.1, -0.05) is 28.1 Å². The van der Waals surface area contributed by atoms with Crippen LogP contribution in [0, 0.1) is 0 Å². The second-order valence-electron chi connectivity index (χ2n) is 4.53. The van der Waals surface area contributed by atoms with Gasteiger partial charge in [0.25, 0.3) is 0 Å². The lowest BCUT2D eigenvalue weighted by Crippen LogP contribution is -2.07. The maximum Gasteiger partial charge on any atom is 0.303 e. The highest BCUT2D eigenvalue weighted by Crippen LogP contribution is 2.52. The summed E-state index contributed by atoms with van der Waals surface area (Å²) < 4.78 is 1.09. The minimum atomic E-state index is -0.688. The van der Waals surface area contributed by atoms with Crippen LogP contribution in [0.4, 0.5) is 0 Å². The summed E-state index contributed by atoms with van der Waals surface area (Å²) in [5, 5.41) is 8.63. The molecular weight excluding hydrogens is 268 g/mol. The van der Waals surface area contributed by atoms with Gasteiger partial charge in [-0.2, -0.15) is 0 Å². The SMILES string of the molecule is O=C(O)CCCC1(c2ccc(Br)cc2)CC1. The van der Waals surface area contributed by atoms with Crippen LogP contribution in [-0.4, -0.2) is 11.1 Å². The van der Waals surface area contributed by atoms with Crippen molar-refractivity contribution in [3.63, 3.8) is 0 Å². The van der Waals surface area contributed by atoms with Crippen LogP contribution in [0.5, 0.6) is 0 Å². The van der Waals surface area contributed by atoms with Gasteiger partial charge < -0.3 is 5.11 Å². The van der Waals surface area contributed by atoms with Crippen LogP contribution in [0.3, 0.4) is 0 Å². The molecule has 16 heavy (non-hydrogen) atoms. The number of aliphatic carboxylic acids is 1. The van der Waals surface area contributed by atoms with Crippen molar-refractivity contribution in [3.8, 4) is 0 Å². The fourth-order valence-electron chi connectivity index (χ4n) is 2.22. The summed E-state index contributed by atoms with van der Waals surface area (Å²) in [4.78, 5) is 10.5. The van der Waals surface area contributed by atoms with Gasteiger partial charge in [-0.15, -0.1) is 0 Å². The number of carboxylic acids is 1. The second-order valence-corrected chi connectivity index (χ2v) is 5.45. The van der Waals surface area contributed by atoms with E-state index < -0.39 is 5.97 Å². The molecule has 1 aromatic carbocycles. The van der Waals surface area contributed by atoms with E-state index in [1.54, 1.807) is 0 Å². The van der Waals surface area contributed by atoms with Gasteiger partial charge in [-0.05, 0) is 48.8 Å². The quantitative estimate of drug-likeness (QED) is 0.893. The first-order valence-corrected chi connectivity index (χ1v) is 6.40. The summed E-state index contributed by atoms with van der Waals surface area (Å²) in [6.45, 7) is 0. The third-order valence-electron chi connectivity index (χ3n) is 3.36. The van der Waals surface area contributed by atoms with Crippen LogP contribution in [0.2, 0.25) is 0 Å². The lowest BCUT2D eigenvalue weighted by atomic mass is 9.90. The van der Waals surface area contributed by atoms with E-state index in [-0.39, 0.29) is 11.8 Å². The van der Waals surface area contributed by atoms with Crippen molar-refractivity contribution in [1.29, 1.82) is 0 Å². The van der Waals surface area contributed by atoms with Crippen LogP contribution in [-0.2, 0) is 10.2 Å². The molecule has 1 saturated carbocycles. The minimum Gasteiger partial charge on any atom is -0.481 e. The molecule has 0 atom stereocenters. The molecule has 0 aromatic heterocycles. The molecule has 1 aliphatic carbocycles. The molecule has 2 nitrogen and oxygen atoms in total. The van der Waals surface area contributed by atoms with E-state index in [2.05, 4.69) is 40.2 Å². The molecule has 0 amide bonds. The zero-order chi connectivity index (χ0) is 11.6. The molecule has 86 valence electrons. The Hall–Kier alpha value is -0.830. The van der Waals surface area contributed by atoms with E-state index in [0.717, 1.165) is 17.3 Å². The first-order valence-electron chi connectivity index (χ1n) is 5.60. The first kappa shape index (κ1) is 11.6. The molecular formula is C13H15BrO2. The van der Waals surface area contributed by atoms with Crippen LogP contribution in [0.25, 0.3) is 0 Å². The summed E-state index contributed by atoms with van der Waals surface area (Å²) in [5.74, 6) is -0.688. The van der Waals surface area contributed by atoms with Crippen molar-refractivity contribution in [3.05, 3.63) is 34.3 Å². The minimum absolute atomic E-state index is 0.288. The molecule has 1 fully saturated rings. The van der Waals surface area contributed by atoms with Gasteiger partial charge in [0.2, 0.25) is 0 Å². The maximum absolute atomic E-state index is 10.5. The van der Waals surface area contributed by atoms with E-state index in [4.69, 9.17) is 5.11 Å². The maximum atomic E-state index is 10.5. The fourth-order valence-corrected chi connectivity index (χ4v) is 2.48. The number of carbonyl (C=O) groups is 1. The van der Waals surface area contributed by atoms with E-state index in [9.17, 15) is 4.79 Å². The van der Waals surface area contributed by atoms with E-state index in [1.807, 2.05) is 0 Å². The molecule has 0 saturated heterocycles. The molecule has 0 aliphatic heterocycles. The number of hydrogen-bond donors (Lipinski definition) is 1. The normalized spacial score (nSPS) is 17.1. The topological polar surface area (TPSA) is 37.3 Å². The average Bonchev–Trinajstić information content (AvgIpc) is 2.99. The van der Waals surface area contributed by atoms with Gasteiger partial charge in [0.15, 0.2) is 0 Å². The lowest BCUT2D eigenvalue weighted by Gasteiger charge is -2.15. The molecule has 0 bridgehead atoms. The second kappa shape index (κ2) is 4.58. The number of benzene rings is 1. The Morgan fingerprint density at radius 3 is 2.44 bits per heavy atom. The zero-order valence-electron chi connectivity index (χ0n) is 9.08. The Labute approximate surface area is 104 Å². The van der Waals surface area contributed by atoms with Gasteiger partial charge in [0.05, 0.1) is 0 Å². The Kier molecular flexibility index (Phi) is 3.33. The summed E-state index contributed by atoms with van der Waals surface area (Å²) in [7, 11) is 0. The number of rotatable bonds is 5. The molecule has 1 aliphatic rings. The van der Waals surface area contributed by atoms with Crippen molar-refractivity contribution in [2.45, 2.75) is 37.5 Å². The third kappa shape index (κ3) is 2.64. The van der Waals surface area contributed by atoms with Crippen molar-refractivity contribution >= 4 is 21.9 Å². The molecule has 2 rings (SSSR count). The first-order chi connectivity index (χ1) is 7.62. The largest absolute Gasteiger partial charge is 0.481 e. The molecule has 0 unspecified atom stereocenters. The Morgan fingerprint density at radius 1 is 1.31 bits per heavy atom. The van der Waals surface area contributed by atoms with Crippen molar-refractivity contribution < 1.29 is 9.90 Å². The van der Waals surface area contributed by atoms with Gasteiger partial charge >= 0.3 is 5.97 Å². The van der Waals surface area contributed by atoms with Gasteiger partial charge in [-0.3, -0.25) is 4.79 Å². The summed E-state index contributed by atoms with van der Waals surface area (Å²) in [5.41, 5.74) is 1.65. The van der Waals surface area contributed by atoms with Crippen molar-refractivity contribution in [2.75, 3.05) is 0 Å². The predicted molar refractivity (Wildman–Crippen MR) is 66.5 cm³/mol. The van der Waals surface area contributed by atoms with Crippen LogP contribution >= 0.6 is 15.9 Å². The smallest absolute Gasteiger partial charge is 0.303 e. The van der Waals surface area contributed by atoms with Crippen LogP contribution < -0.4 is 0 Å². The molecule has 1 aromatic rings. The summed E-state index contributed by atoms with van der Waals surface area (Å²) in [6, 6.07) is 8.43. The number of carboxylic acid groups (broad SMARTS) is 1. The van der Waals surface area contributed by atoms with Gasteiger partial charge in [0, 0.05) is 10.9 Å². The van der Waals surface area contributed by atoms with E-state index in [1.165, 1.54) is 18.4 Å². The number of hydrogen-bond acceptors (Lipinski definition) is 1.